The molecule has 0 nitrogen and oxygen atoms in total. The van der Waals surface area contributed by atoms with Crippen molar-refractivity contribution in [3.05, 3.63) is 47.8 Å². The fraction of sp³-hybridized carbons (Fsp3) is 0.655. The lowest BCUT2D eigenvalue weighted by molar-refractivity contribution is 0.219. The Hall–Kier alpha value is -1.55. The Labute approximate surface area is 184 Å². The summed E-state index contributed by atoms with van der Waals surface area (Å²) in [5.74, 6) is 9.72. The standard InChI is InChI=1S/C29H41F/c1-2-3-4-7-24-10-14-27(15-11-24)18-19-28-16-12-25(13-17-28)8-5-6-9-26-20-22-29(30)23-21-26/h5,8,20-25,27-28H,2-4,7,10-19H2,1H3/b8-5+. The molecule has 0 N–H and O–H groups in total. The van der Waals surface area contributed by atoms with Gasteiger partial charge in [-0.2, -0.15) is 0 Å². The number of benzene rings is 1. The molecule has 0 unspecified atom stereocenters. The highest BCUT2D eigenvalue weighted by Gasteiger charge is 2.24. The van der Waals surface area contributed by atoms with E-state index in [9.17, 15) is 4.39 Å². The zero-order chi connectivity index (χ0) is 21.0. The predicted molar refractivity (Wildman–Crippen MR) is 127 cm³/mol. The zero-order valence-electron chi connectivity index (χ0n) is 19.1. The maximum absolute atomic E-state index is 12.9. The first-order chi connectivity index (χ1) is 14.7. The Kier molecular flexibility index (Phi) is 10.0. The molecule has 1 aromatic carbocycles. The first kappa shape index (κ1) is 23.1. The van der Waals surface area contributed by atoms with Crippen molar-refractivity contribution in [3.63, 3.8) is 0 Å². The molecule has 0 heterocycles. The van der Waals surface area contributed by atoms with Crippen molar-refractivity contribution in [1.29, 1.82) is 0 Å². The van der Waals surface area contributed by atoms with E-state index in [0.29, 0.717) is 5.92 Å². The van der Waals surface area contributed by atoms with Crippen LogP contribution in [0.4, 0.5) is 4.39 Å². The minimum absolute atomic E-state index is 0.206. The minimum atomic E-state index is -0.206. The molecule has 0 radical (unpaired) electrons. The van der Waals surface area contributed by atoms with Crippen molar-refractivity contribution in [2.24, 2.45) is 23.7 Å². The van der Waals surface area contributed by atoms with Crippen LogP contribution in [0.2, 0.25) is 0 Å². The summed E-state index contributed by atoms with van der Waals surface area (Å²) < 4.78 is 12.9. The summed E-state index contributed by atoms with van der Waals surface area (Å²) in [7, 11) is 0. The molecular formula is C29H41F. The summed E-state index contributed by atoms with van der Waals surface area (Å²) in [4.78, 5) is 0. The van der Waals surface area contributed by atoms with E-state index >= 15 is 0 Å². The number of rotatable bonds is 8. The van der Waals surface area contributed by atoms with Crippen LogP contribution in [-0.2, 0) is 0 Å². The normalized spacial score (nSPS) is 27.0. The van der Waals surface area contributed by atoms with E-state index in [-0.39, 0.29) is 5.82 Å². The molecule has 0 aliphatic heterocycles. The van der Waals surface area contributed by atoms with E-state index in [2.05, 4.69) is 24.8 Å². The van der Waals surface area contributed by atoms with Crippen LogP contribution in [0.25, 0.3) is 0 Å². The average molecular weight is 409 g/mol. The van der Waals surface area contributed by atoms with Crippen molar-refractivity contribution < 1.29 is 4.39 Å². The first-order valence-electron chi connectivity index (χ1n) is 12.7. The molecule has 0 saturated heterocycles. The van der Waals surface area contributed by atoms with E-state index in [1.807, 2.05) is 6.08 Å². The van der Waals surface area contributed by atoms with Crippen LogP contribution in [0.15, 0.2) is 36.4 Å². The van der Waals surface area contributed by atoms with Gasteiger partial charge >= 0.3 is 0 Å². The van der Waals surface area contributed by atoms with Crippen LogP contribution in [0.3, 0.4) is 0 Å². The molecule has 2 aliphatic carbocycles. The quantitative estimate of drug-likeness (QED) is 0.298. The molecule has 0 spiro atoms. The van der Waals surface area contributed by atoms with E-state index in [0.717, 1.165) is 23.3 Å². The molecule has 0 aromatic heterocycles. The molecule has 1 heteroatoms. The highest BCUT2D eigenvalue weighted by atomic mass is 19.1. The Morgan fingerprint density at radius 1 is 0.800 bits per heavy atom. The fourth-order valence-electron chi connectivity index (χ4n) is 5.48. The number of unbranched alkanes of at least 4 members (excludes halogenated alkanes) is 2. The van der Waals surface area contributed by atoms with Gasteiger partial charge < -0.3 is 0 Å². The fourth-order valence-corrected chi connectivity index (χ4v) is 5.48. The maximum atomic E-state index is 12.9. The van der Waals surface area contributed by atoms with Crippen molar-refractivity contribution in [2.75, 3.05) is 0 Å². The van der Waals surface area contributed by atoms with Crippen LogP contribution in [-0.4, -0.2) is 0 Å². The largest absolute Gasteiger partial charge is 0.207 e. The summed E-state index contributed by atoms with van der Waals surface area (Å²) in [5.41, 5.74) is 0.875. The van der Waals surface area contributed by atoms with Gasteiger partial charge in [-0.1, -0.05) is 89.0 Å². The first-order valence-corrected chi connectivity index (χ1v) is 12.7. The van der Waals surface area contributed by atoms with Gasteiger partial charge in [-0.3, -0.25) is 0 Å². The summed E-state index contributed by atoms with van der Waals surface area (Å²) in [5, 5.41) is 0. The van der Waals surface area contributed by atoms with Crippen molar-refractivity contribution in [2.45, 2.75) is 96.8 Å². The number of hydrogen-bond donors (Lipinski definition) is 0. The zero-order valence-corrected chi connectivity index (χ0v) is 19.1. The number of allylic oxidation sites excluding steroid dienone is 2. The highest BCUT2D eigenvalue weighted by molar-refractivity contribution is 5.36. The van der Waals surface area contributed by atoms with Crippen LogP contribution < -0.4 is 0 Å². The van der Waals surface area contributed by atoms with Gasteiger partial charge in [0, 0.05) is 5.56 Å². The third-order valence-electron chi connectivity index (χ3n) is 7.57. The Balaban J connectivity index is 1.27. The smallest absolute Gasteiger partial charge is 0.123 e. The molecule has 2 fully saturated rings. The molecule has 164 valence electrons. The number of hydrogen-bond acceptors (Lipinski definition) is 0. The Morgan fingerprint density at radius 3 is 1.97 bits per heavy atom. The van der Waals surface area contributed by atoms with E-state index in [1.54, 1.807) is 12.1 Å². The van der Waals surface area contributed by atoms with Crippen LogP contribution in [0, 0.1) is 41.3 Å². The van der Waals surface area contributed by atoms with Gasteiger partial charge in [-0.25, -0.2) is 4.39 Å². The lowest BCUT2D eigenvalue weighted by atomic mass is 9.75. The second kappa shape index (κ2) is 13.0. The Bertz CT molecular complexity index is 673. The SMILES string of the molecule is CCCCCC1CCC(CCC2CCC(/C=C/C#Cc3ccc(F)cc3)CC2)CC1. The second-order valence-corrected chi connectivity index (χ2v) is 9.88. The predicted octanol–water partition coefficient (Wildman–Crippen LogP) is 8.71. The molecular weight excluding hydrogens is 367 g/mol. The Morgan fingerprint density at radius 2 is 1.37 bits per heavy atom. The van der Waals surface area contributed by atoms with Crippen molar-refractivity contribution in [1.82, 2.24) is 0 Å². The summed E-state index contributed by atoms with van der Waals surface area (Å²) in [6.45, 7) is 2.31. The van der Waals surface area contributed by atoms with Crippen molar-refractivity contribution >= 4 is 0 Å². The molecule has 30 heavy (non-hydrogen) atoms. The molecule has 1 aromatic rings. The molecule has 2 saturated carbocycles. The van der Waals surface area contributed by atoms with Crippen molar-refractivity contribution in [3.8, 4) is 11.8 Å². The van der Waals surface area contributed by atoms with Gasteiger partial charge in [0.1, 0.15) is 5.82 Å². The van der Waals surface area contributed by atoms with Crippen LogP contribution >= 0.6 is 0 Å². The topological polar surface area (TPSA) is 0 Å². The molecule has 0 amide bonds. The summed E-state index contributed by atoms with van der Waals surface area (Å²) in [6.07, 6.45) is 24.4. The average Bonchev–Trinajstić information content (AvgIpc) is 2.78. The lowest BCUT2D eigenvalue weighted by Gasteiger charge is -2.31. The van der Waals surface area contributed by atoms with Crippen LogP contribution in [0.5, 0.6) is 0 Å². The maximum Gasteiger partial charge on any atom is 0.123 e. The minimum Gasteiger partial charge on any atom is -0.207 e. The lowest BCUT2D eigenvalue weighted by Crippen LogP contribution is -2.17. The second-order valence-electron chi connectivity index (χ2n) is 9.88. The monoisotopic (exact) mass is 408 g/mol. The van der Waals surface area contributed by atoms with E-state index in [1.165, 1.54) is 102 Å². The van der Waals surface area contributed by atoms with E-state index < -0.39 is 0 Å². The van der Waals surface area contributed by atoms with Gasteiger partial charge in [0.15, 0.2) is 0 Å². The van der Waals surface area contributed by atoms with Gasteiger partial charge in [0.25, 0.3) is 0 Å². The van der Waals surface area contributed by atoms with Gasteiger partial charge in [0.2, 0.25) is 0 Å². The molecule has 0 bridgehead atoms. The number of halogens is 1. The summed E-state index contributed by atoms with van der Waals surface area (Å²) >= 11 is 0. The third kappa shape index (κ3) is 8.29. The third-order valence-corrected chi connectivity index (χ3v) is 7.57. The molecule has 2 aliphatic rings. The summed E-state index contributed by atoms with van der Waals surface area (Å²) in [6, 6.07) is 6.41. The van der Waals surface area contributed by atoms with Crippen LogP contribution in [0.1, 0.15) is 102 Å². The molecule has 0 atom stereocenters. The van der Waals surface area contributed by atoms with Gasteiger partial charge in [-0.15, -0.1) is 0 Å². The van der Waals surface area contributed by atoms with E-state index in [4.69, 9.17) is 0 Å². The molecule has 3 rings (SSSR count). The van der Waals surface area contributed by atoms with Gasteiger partial charge in [0.05, 0.1) is 0 Å². The highest BCUT2D eigenvalue weighted by Crippen LogP contribution is 2.38. The van der Waals surface area contributed by atoms with Gasteiger partial charge in [-0.05, 0) is 79.7 Å².